The monoisotopic (exact) mass is 179 g/mol. The lowest BCUT2D eigenvalue weighted by molar-refractivity contribution is -0.566. The molecule has 0 atom stereocenters. The minimum atomic E-state index is 1.19. The number of nitrogens with one attached hydrogen (secondary N) is 1. The fourth-order valence-corrected chi connectivity index (χ4v) is 1.28. The Balaban J connectivity index is 2.05. The molecule has 2 nitrogen and oxygen atoms in total. The van der Waals surface area contributed by atoms with Crippen LogP contribution in [0.25, 0.3) is 6.20 Å². The predicted octanol–water partition coefficient (Wildman–Crippen LogP) is 2.74. The van der Waals surface area contributed by atoms with E-state index >= 15 is 0 Å². The summed E-state index contributed by atoms with van der Waals surface area (Å²) in [7, 11) is 0. The summed E-state index contributed by atoms with van der Waals surface area (Å²) >= 11 is 0. The van der Waals surface area contributed by atoms with Crippen molar-refractivity contribution in [2.45, 2.75) is 39.0 Å². The van der Waals surface area contributed by atoms with Gasteiger partial charge in [0.05, 0.1) is 6.20 Å². The van der Waals surface area contributed by atoms with Crippen LogP contribution in [0.5, 0.6) is 0 Å². The average Bonchev–Trinajstić information content (AvgIpc) is 2.63. The van der Waals surface area contributed by atoms with Gasteiger partial charge in [-0.25, -0.2) is 9.55 Å². The number of rotatable bonds is 6. The molecule has 0 saturated heterocycles. The summed E-state index contributed by atoms with van der Waals surface area (Å²) in [6.07, 6.45) is 16.7. The van der Waals surface area contributed by atoms with Crippen molar-refractivity contribution in [1.29, 1.82) is 0 Å². The van der Waals surface area contributed by atoms with E-state index in [9.17, 15) is 0 Å². The topological polar surface area (TPSA) is 19.7 Å². The Labute approximate surface area is 80.3 Å². The third-order valence-corrected chi connectivity index (χ3v) is 2.07. The quantitative estimate of drug-likeness (QED) is 0.512. The molecule has 72 valence electrons. The number of hydrogen-bond acceptors (Lipinski definition) is 0. The Bertz CT molecular complexity index is 224. The maximum atomic E-state index is 3.00. The highest BCUT2D eigenvalue weighted by Gasteiger charge is 1.88. The summed E-state index contributed by atoms with van der Waals surface area (Å²) in [6, 6.07) is 0. The van der Waals surface area contributed by atoms with Gasteiger partial charge in [-0.1, -0.05) is 26.2 Å². The van der Waals surface area contributed by atoms with Crippen molar-refractivity contribution < 1.29 is 4.57 Å². The van der Waals surface area contributed by atoms with Crippen molar-refractivity contribution in [2.24, 2.45) is 0 Å². The second-order valence-corrected chi connectivity index (χ2v) is 3.29. The minimum absolute atomic E-state index is 1.19. The van der Waals surface area contributed by atoms with Crippen LogP contribution in [0.2, 0.25) is 0 Å². The van der Waals surface area contributed by atoms with Crippen LogP contribution in [0.3, 0.4) is 0 Å². The van der Waals surface area contributed by atoms with E-state index in [4.69, 9.17) is 0 Å². The van der Waals surface area contributed by atoms with Gasteiger partial charge < -0.3 is 0 Å². The van der Waals surface area contributed by atoms with E-state index in [-0.39, 0.29) is 0 Å². The van der Waals surface area contributed by atoms with E-state index in [2.05, 4.69) is 24.2 Å². The van der Waals surface area contributed by atoms with Gasteiger partial charge in [0.25, 0.3) is 0 Å². The molecular weight excluding hydrogens is 160 g/mol. The molecular formula is C11H19N2+. The van der Waals surface area contributed by atoms with Gasteiger partial charge in [0.15, 0.2) is 0 Å². The van der Waals surface area contributed by atoms with Gasteiger partial charge in [-0.15, -0.1) is 0 Å². The van der Waals surface area contributed by atoms with E-state index in [0.717, 1.165) is 0 Å². The molecule has 0 spiro atoms. The third kappa shape index (κ3) is 4.51. The number of allylic oxidation sites excluding steroid dienone is 1. The second-order valence-electron chi connectivity index (χ2n) is 3.29. The molecule has 0 bridgehead atoms. The van der Waals surface area contributed by atoms with E-state index in [0.29, 0.717) is 0 Å². The van der Waals surface area contributed by atoms with E-state index < -0.39 is 0 Å². The summed E-state index contributed by atoms with van der Waals surface area (Å²) in [5.74, 6) is 0. The standard InChI is InChI=1S/C11H18N2/c1-2-3-4-5-6-7-9-13-10-8-12-11-13/h7-11H,2-6H2,1H3/p+1. The molecule has 1 aromatic rings. The van der Waals surface area contributed by atoms with Crippen LogP contribution in [0.4, 0.5) is 0 Å². The minimum Gasteiger partial charge on any atom is -0.250 e. The number of hydrogen-bond donors (Lipinski definition) is 1. The molecule has 0 aliphatic carbocycles. The van der Waals surface area contributed by atoms with Crippen molar-refractivity contribution in [3.63, 3.8) is 0 Å². The SMILES string of the molecule is CCCCCCC=C[n+]1cc[nH]c1. The fourth-order valence-electron chi connectivity index (χ4n) is 1.28. The number of unbranched alkanes of at least 4 members (excludes halogenated alkanes) is 4. The first-order chi connectivity index (χ1) is 6.43. The number of H-pyrrole nitrogens is 1. The van der Waals surface area contributed by atoms with Gasteiger partial charge in [0, 0.05) is 0 Å². The van der Waals surface area contributed by atoms with Crippen LogP contribution in [-0.4, -0.2) is 4.98 Å². The Morgan fingerprint density at radius 2 is 2.23 bits per heavy atom. The highest BCUT2D eigenvalue weighted by Crippen LogP contribution is 2.02. The average molecular weight is 179 g/mol. The molecule has 0 amide bonds. The van der Waals surface area contributed by atoms with Crippen molar-refractivity contribution in [3.05, 3.63) is 24.8 Å². The summed E-state index contributed by atoms with van der Waals surface area (Å²) in [5, 5.41) is 0. The van der Waals surface area contributed by atoms with Crippen LogP contribution in [0.15, 0.2) is 24.8 Å². The zero-order valence-electron chi connectivity index (χ0n) is 8.37. The molecule has 0 aliphatic rings. The Morgan fingerprint density at radius 3 is 2.92 bits per heavy atom. The summed E-state index contributed by atoms with van der Waals surface area (Å²) in [6.45, 7) is 2.24. The zero-order valence-corrected chi connectivity index (χ0v) is 8.37. The molecule has 0 aromatic carbocycles. The fraction of sp³-hybridized carbons (Fsp3) is 0.545. The Morgan fingerprint density at radius 1 is 1.31 bits per heavy atom. The molecule has 0 fully saturated rings. The van der Waals surface area contributed by atoms with E-state index in [1.807, 2.05) is 23.3 Å². The van der Waals surface area contributed by atoms with Crippen LogP contribution < -0.4 is 4.57 Å². The summed E-state index contributed by atoms with van der Waals surface area (Å²) in [4.78, 5) is 3.00. The number of aromatic amines is 1. The first-order valence-electron chi connectivity index (χ1n) is 5.13. The van der Waals surface area contributed by atoms with Gasteiger partial charge in [0.1, 0.15) is 12.4 Å². The number of aromatic nitrogens is 2. The first kappa shape index (κ1) is 10.0. The molecule has 0 radical (unpaired) electrons. The molecule has 13 heavy (non-hydrogen) atoms. The van der Waals surface area contributed by atoms with Crippen LogP contribution in [0, 0.1) is 0 Å². The lowest BCUT2D eigenvalue weighted by Gasteiger charge is -1.92. The van der Waals surface area contributed by atoms with Crippen molar-refractivity contribution in [3.8, 4) is 0 Å². The number of imidazole rings is 1. The Kier molecular flexibility index (Phi) is 4.99. The lowest BCUT2D eigenvalue weighted by Crippen LogP contribution is -2.20. The Hall–Kier alpha value is -1.05. The predicted molar refractivity (Wildman–Crippen MR) is 55.1 cm³/mol. The molecule has 2 heteroatoms. The van der Waals surface area contributed by atoms with E-state index in [1.165, 1.54) is 32.1 Å². The van der Waals surface area contributed by atoms with Crippen LogP contribution >= 0.6 is 0 Å². The molecule has 0 saturated carbocycles. The maximum absolute atomic E-state index is 3.00. The lowest BCUT2D eigenvalue weighted by atomic mass is 10.1. The van der Waals surface area contributed by atoms with Crippen LogP contribution in [0.1, 0.15) is 39.0 Å². The molecule has 1 N–H and O–H groups in total. The molecule has 0 aliphatic heterocycles. The third-order valence-electron chi connectivity index (χ3n) is 2.07. The molecule has 1 heterocycles. The van der Waals surface area contributed by atoms with Crippen molar-refractivity contribution in [1.82, 2.24) is 4.98 Å². The van der Waals surface area contributed by atoms with Gasteiger partial charge in [-0.05, 0) is 18.9 Å². The van der Waals surface area contributed by atoms with E-state index in [1.54, 1.807) is 0 Å². The second kappa shape index (κ2) is 6.46. The highest BCUT2D eigenvalue weighted by molar-refractivity contribution is 5.04. The largest absolute Gasteiger partial charge is 0.250 e. The van der Waals surface area contributed by atoms with Crippen molar-refractivity contribution in [2.75, 3.05) is 0 Å². The van der Waals surface area contributed by atoms with Crippen LogP contribution in [-0.2, 0) is 0 Å². The maximum Gasteiger partial charge on any atom is 0.246 e. The summed E-state index contributed by atoms with van der Waals surface area (Å²) in [5.41, 5.74) is 0. The van der Waals surface area contributed by atoms with Gasteiger partial charge >= 0.3 is 0 Å². The normalized spacial score (nSPS) is 11.2. The smallest absolute Gasteiger partial charge is 0.246 e. The molecule has 1 rings (SSSR count). The zero-order chi connectivity index (χ0) is 9.36. The van der Waals surface area contributed by atoms with Gasteiger partial charge in [0.2, 0.25) is 6.33 Å². The number of nitrogens with zero attached hydrogens (tertiary/aromatic N) is 1. The molecule has 0 unspecified atom stereocenters. The van der Waals surface area contributed by atoms with Gasteiger partial charge in [-0.2, -0.15) is 0 Å². The van der Waals surface area contributed by atoms with Crippen molar-refractivity contribution >= 4 is 6.20 Å². The highest BCUT2D eigenvalue weighted by atomic mass is 15.0. The summed E-state index contributed by atoms with van der Waals surface area (Å²) < 4.78 is 2.03. The first-order valence-corrected chi connectivity index (χ1v) is 5.13. The molecule has 1 aromatic heterocycles. The van der Waals surface area contributed by atoms with Gasteiger partial charge in [-0.3, -0.25) is 0 Å².